The summed E-state index contributed by atoms with van der Waals surface area (Å²) in [6.07, 6.45) is 1.87. The van der Waals surface area contributed by atoms with Crippen LogP contribution in [0.1, 0.15) is 11.1 Å². The molecular formula is C16H23N3. The second kappa shape index (κ2) is 6.13. The molecule has 0 fully saturated rings. The van der Waals surface area contributed by atoms with Crippen LogP contribution in [0.4, 0.5) is 0 Å². The first-order valence-corrected chi connectivity index (χ1v) is 6.74. The van der Waals surface area contributed by atoms with Gasteiger partial charge in [0.25, 0.3) is 0 Å². The molecule has 0 aliphatic rings. The fourth-order valence-electron chi connectivity index (χ4n) is 2.25. The first-order chi connectivity index (χ1) is 9.08. The van der Waals surface area contributed by atoms with Gasteiger partial charge in [-0.2, -0.15) is 0 Å². The molecule has 19 heavy (non-hydrogen) atoms. The molecule has 1 aromatic heterocycles. The second-order valence-electron chi connectivity index (χ2n) is 5.48. The van der Waals surface area contributed by atoms with Gasteiger partial charge in [0.05, 0.1) is 5.52 Å². The van der Waals surface area contributed by atoms with Crippen molar-refractivity contribution in [3.8, 4) is 0 Å². The van der Waals surface area contributed by atoms with Crippen molar-refractivity contribution in [2.45, 2.75) is 13.5 Å². The van der Waals surface area contributed by atoms with E-state index in [1.165, 1.54) is 16.5 Å². The highest BCUT2D eigenvalue weighted by atomic mass is 15.1. The second-order valence-corrected chi connectivity index (χ2v) is 5.48. The van der Waals surface area contributed by atoms with Crippen molar-refractivity contribution in [1.82, 2.24) is 14.8 Å². The molecule has 2 rings (SSSR count). The number of benzene rings is 1. The number of likely N-dealkylation sites (N-methyl/N-ethyl adjacent to an activating group) is 2. The highest BCUT2D eigenvalue weighted by molar-refractivity contribution is 5.84. The fraction of sp³-hybridized carbons (Fsp3) is 0.438. The average Bonchev–Trinajstić information content (AvgIpc) is 2.40. The Kier molecular flexibility index (Phi) is 4.51. The Bertz CT molecular complexity index is 549. The summed E-state index contributed by atoms with van der Waals surface area (Å²) in [5, 5.41) is 1.28. The van der Waals surface area contributed by atoms with Crippen LogP contribution in [0.15, 0.2) is 30.5 Å². The van der Waals surface area contributed by atoms with E-state index >= 15 is 0 Å². The summed E-state index contributed by atoms with van der Waals surface area (Å²) in [4.78, 5) is 9.07. The SMILES string of the molecule is Cc1ccc(CN(C)CCN(C)C)c2cccnc12. The third kappa shape index (κ3) is 3.52. The summed E-state index contributed by atoms with van der Waals surface area (Å²) >= 11 is 0. The van der Waals surface area contributed by atoms with Crippen LogP contribution < -0.4 is 0 Å². The molecule has 0 amide bonds. The van der Waals surface area contributed by atoms with Gasteiger partial charge in [0.2, 0.25) is 0 Å². The molecule has 0 unspecified atom stereocenters. The number of nitrogens with zero attached hydrogens (tertiary/aromatic N) is 3. The summed E-state index contributed by atoms with van der Waals surface area (Å²) in [7, 11) is 6.39. The smallest absolute Gasteiger partial charge is 0.0734 e. The van der Waals surface area contributed by atoms with Gasteiger partial charge in [-0.1, -0.05) is 18.2 Å². The predicted octanol–water partition coefficient (Wildman–Crippen LogP) is 2.54. The lowest BCUT2D eigenvalue weighted by molar-refractivity contribution is 0.277. The third-order valence-corrected chi connectivity index (χ3v) is 3.43. The summed E-state index contributed by atoms with van der Waals surface area (Å²) < 4.78 is 0. The van der Waals surface area contributed by atoms with Gasteiger partial charge in [0.15, 0.2) is 0 Å². The molecule has 1 heterocycles. The van der Waals surface area contributed by atoms with Crippen LogP contribution in [0.3, 0.4) is 0 Å². The van der Waals surface area contributed by atoms with Crippen LogP contribution >= 0.6 is 0 Å². The maximum absolute atomic E-state index is 4.50. The van der Waals surface area contributed by atoms with Crippen molar-refractivity contribution < 1.29 is 0 Å². The van der Waals surface area contributed by atoms with Crippen LogP contribution in [0.25, 0.3) is 10.9 Å². The molecular weight excluding hydrogens is 234 g/mol. The van der Waals surface area contributed by atoms with Gasteiger partial charge in [0, 0.05) is 31.2 Å². The Morgan fingerprint density at radius 1 is 1.05 bits per heavy atom. The van der Waals surface area contributed by atoms with Crippen molar-refractivity contribution >= 4 is 10.9 Å². The van der Waals surface area contributed by atoms with E-state index < -0.39 is 0 Å². The maximum atomic E-state index is 4.50. The van der Waals surface area contributed by atoms with Gasteiger partial charge in [-0.3, -0.25) is 4.98 Å². The number of rotatable bonds is 5. The molecule has 0 saturated carbocycles. The molecule has 0 saturated heterocycles. The van der Waals surface area contributed by atoms with Crippen LogP contribution in [0.2, 0.25) is 0 Å². The number of aromatic nitrogens is 1. The quantitative estimate of drug-likeness (QED) is 0.820. The van der Waals surface area contributed by atoms with Crippen molar-refractivity contribution in [1.29, 1.82) is 0 Å². The van der Waals surface area contributed by atoms with Crippen molar-refractivity contribution in [3.05, 3.63) is 41.6 Å². The molecule has 0 spiro atoms. The Balaban J connectivity index is 2.19. The standard InChI is InChI=1S/C16H23N3/c1-13-7-8-14(12-19(4)11-10-18(2)3)15-6-5-9-17-16(13)15/h5-9H,10-12H2,1-4H3. The monoisotopic (exact) mass is 257 g/mol. The van der Waals surface area contributed by atoms with Crippen LogP contribution in [0, 0.1) is 6.92 Å². The number of aryl methyl sites for hydroxylation is 1. The number of hydrogen-bond donors (Lipinski definition) is 0. The normalized spacial score (nSPS) is 11.7. The Labute approximate surface area is 115 Å². The van der Waals surface area contributed by atoms with Crippen LogP contribution in [-0.4, -0.2) is 49.0 Å². The molecule has 0 atom stereocenters. The minimum Gasteiger partial charge on any atom is -0.308 e. The predicted molar refractivity (Wildman–Crippen MR) is 81.4 cm³/mol. The lowest BCUT2D eigenvalue weighted by Gasteiger charge is -2.20. The highest BCUT2D eigenvalue weighted by Crippen LogP contribution is 2.21. The molecule has 0 N–H and O–H groups in total. The molecule has 3 nitrogen and oxygen atoms in total. The first kappa shape index (κ1) is 14.0. The fourth-order valence-corrected chi connectivity index (χ4v) is 2.25. The molecule has 2 aromatic rings. The lowest BCUT2D eigenvalue weighted by Crippen LogP contribution is -2.28. The van der Waals surface area contributed by atoms with E-state index in [9.17, 15) is 0 Å². The summed E-state index contributed by atoms with van der Waals surface area (Å²) in [6.45, 7) is 5.24. The molecule has 0 radical (unpaired) electrons. The van der Waals surface area contributed by atoms with Gasteiger partial charge in [-0.15, -0.1) is 0 Å². The van der Waals surface area contributed by atoms with Gasteiger partial charge in [-0.05, 0) is 45.3 Å². The summed E-state index contributed by atoms with van der Waals surface area (Å²) in [5.41, 5.74) is 3.73. The molecule has 0 bridgehead atoms. The minimum absolute atomic E-state index is 0.969. The topological polar surface area (TPSA) is 19.4 Å². The van der Waals surface area contributed by atoms with Gasteiger partial charge in [-0.25, -0.2) is 0 Å². The molecule has 3 heteroatoms. The van der Waals surface area contributed by atoms with Crippen molar-refractivity contribution in [3.63, 3.8) is 0 Å². The number of fused-ring (bicyclic) bond motifs is 1. The number of pyridine rings is 1. The number of hydrogen-bond acceptors (Lipinski definition) is 3. The highest BCUT2D eigenvalue weighted by Gasteiger charge is 2.07. The van der Waals surface area contributed by atoms with Crippen molar-refractivity contribution in [2.24, 2.45) is 0 Å². The van der Waals surface area contributed by atoms with E-state index in [1.54, 1.807) is 0 Å². The van der Waals surface area contributed by atoms with E-state index in [4.69, 9.17) is 0 Å². The molecule has 0 aliphatic carbocycles. The Morgan fingerprint density at radius 2 is 1.84 bits per heavy atom. The van der Waals surface area contributed by atoms with E-state index in [-0.39, 0.29) is 0 Å². The maximum Gasteiger partial charge on any atom is 0.0734 e. The van der Waals surface area contributed by atoms with Crippen LogP contribution in [-0.2, 0) is 6.54 Å². The van der Waals surface area contributed by atoms with Crippen molar-refractivity contribution in [2.75, 3.05) is 34.2 Å². The Morgan fingerprint density at radius 3 is 2.58 bits per heavy atom. The summed E-state index contributed by atoms with van der Waals surface area (Å²) in [6, 6.07) is 8.59. The van der Waals surface area contributed by atoms with E-state index in [0.717, 1.165) is 25.2 Å². The van der Waals surface area contributed by atoms with Gasteiger partial charge < -0.3 is 9.80 Å². The first-order valence-electron chi connectivity index (χ1n) is 6.74. The molecule has 1 aromatic carbocycles. The third-order valence-electron chi connectivity index (χ3n) is 3.43. The molecule has 0 aliphatic heterocycles. The summed E-state index contributed by atoms with van der Waals surface area (Å²) in [5.74, 6) is 0. The minimum atomic E-state index is 0.969. The lowest BCUT2D eigenvalue weighted by atomic mass is 10.0. The van der Waals surface area contributed by atoms with Gasteiger partial charge >= 0.3 is 0 Å². The van der Waals surface area contributed by atoms with E-state index in [0.29, 0.717) is 0 Å². The van der Waals surface area contributed by atoms with E-state index in [2.05, 4.69) is 61.0 Å². The average molecular weight is 257 g/mol. The zero-order valence-corrected chi connectivity index (χ0v) is 12.3. The van der Waals surface area contributed by atoms with E-state index in [1.807, 2.05) is 12.3 Å². The van der Waals surface area contributed by atoms with Crippen LogP contribution in [0.5, 0.6) is 0 Å². The van der Waals surface area contributed by atoms with Gasteiger partial charge in [0.1, 0.15) is 0 Å². The molecule has 102 valence electrons. The zero-order chi connectivity index (χ0) is 13.8. The largest absolute Gasteiger partial charge is 0.308 e. The Hall–Kier alpha value is -1.45. The zero-order valence-electron chi connectivity index (χ0n) is 12.3.